The summed E-state index contributed by atoms with van der Waals surface area (Å²) in [7, 11) is 0. The molecule has 1 aromatic heterocycles. The molecule has 7 nitrogen and oxygen atoms in total. The lowest BCUT2D eigenvalue weighted by Crippen LogP contribution is -2.28. The van der Waals surface area contributed by atoms with Gasteiger partial charge in [-0.05, 0) is 50.1 Å². The maximum absolute atomic E-state index is 12.4. The molecule has 1 aliphatic heterocycles. The van der Waals surface area contributed by atoms with Crippen molar-refractivity contribution in [1.29, 1.82) is 0 Å². The van der Waals surface area contributed by atoms with E-state index in [1.165, 1.54) is 12.8 Å². The number of urea groups is 1. The van der Waals surface area contributed by atoms with Crippen molar-refractivity contribution in [3.8, 4) is 0 Å². The maximum atomic E-state index is 12.4. The first-order chi connectivity index (χ1) is 12.7. The Morgan fingerprint density at radius 2 is 1.81 bits per heavy atom. The highest BCUT2D eigenvalue weighted by molar-refractivity contribution is 6.04. The topological polar surface area (TPSA) is 86.4 Å². The number of benzene rings is 1. The van der Waals surface area contributed by atoms with Gasteiger partial charge >= 0.3 is 6.03 Å². The fraction of sp³-hybridized carbons (Fsp3) is 0.316. The van der Waals surface area contributed by atoms with Gasteiger partial charge in [0.2, 0.25) is 0 Å². The number of aromatic nitrogens is 1. The molecule has 26 heavy (non-hydrogen) atoms. The molecule has 1 saturated heterocycles. The van der Waals surface area contributed by atoms with Crippen LogP contribution >= 0.6 is 0 Å². The Hall–Kier alpha value is -3.09. The highest BCUT2D eigenvalue weighted by Crippen LogP contribution is 2.19. The van der Waals surface area contributed by atoms with Crippen LogP contribution in [-0.4, -0.2) is 36.6 Å². The van der Waals surface area contributed by atoms with Crippen LogP contribution in [-0.2, 0) is 0 Å². The van der Waals surface area contributed by atoms with Crippen LogP contribution in [0.5, 0.6) is 0 Å². The molecule has 0 atom stereocenters. The van der Waals surface area contributed by atoms with Crippen molar-refractivity contribution in [2.75, 3.05) is 35.2 Å². The summed E-state index contributed by atoms with van der Waals surface area (Å²) >= 11 is 0. The zero-order chi connectivity index (χ0) is 18.4. The van der Waals surface area contributed by atoms with Gasteiger partial charge < -0.3 is 20.9 Å². The quantitative estimate of drug-likeness (QED) is 0.771. The Bertz CT molecular complexity index is 770. The van der Waals surface area contributed by atoms with Crippen molar-refractivity contribution in [2.24, 2.45) is 0 Å². The van der Waals surface area contributed by atoms with Gasteiger partial charge in [0.15, 0.2) is 0 Å². The molecular formula is C19H23N5O2. The summed E-state index contributed by atoms with van der Waals surface area (Å²) in [6.07, 6.45) is 3.97. The molecule has 1 aliphatic rings. The molecule has 1 aromatic carbocycles. The van der Waals surface area contributed by atoms with Gasteiger partial charge in [-0.1, -0.05) is 6.07 Å². The van der Waals surface area contributed by atoms with Crippen molar-refractivity contribution in [3.63, 3.8) is 0 Å². The summed E-state index contributed by atoms with van der Waals surface area (Å²) in [5, 5.41) is 8.20. The molecule has 0 radical (unpaired) electrons. The molecule has 2 aromatic rings. The first-order valence-corrected chi connectivity index (χ1v) is 8.83. The second-order valence-corrected chi connectivity index (χ2v) is 6.12. The summed E-state index contributed by atoms with van der Waals surface area (Å²) in [5.41, 5.74) is 1.71. The zero-order valence-electron chi connectivity index (χ0n) is 14.8. The molecule has 0 saturated carbocycles. The standard InChI is InChI=1S/C19H23N5O2/c1-2-20-19(26)23-16-7-5-6-15(12-16)22-18(25)14-8-9-17(21-13-14)24-10-3-4-11-24/h5-9,12-13H,2-4,10-11H2,1H3,(H,22,25)(H2,20,23,26). The molecule has 0 bridgehead atoms. The van der Waals surface area contributed by atoms with E-state index in [9.17, 15) is 9.59 Å². The molecule has 0 aliphatic carbocycles. The Balaban J connectivity index is 1.63. The predicted octanol–water partition coefficient (Wildman–Crippen LogP) is 3.08. The third kappa shape index (κ3) is 4.50. The molecular weight excluding hydrogens is 330 g/mol. The third-order valence-corrected chi connectivity index (χ3v) is 4.16. The number of carbonyl (C=O) groups excluding carboxylic acids is 2. The van der Waals surface area contributed by atoms with E-state index >= 15 is 0 Å². The molecule has 136 valence electrons. The minimum atomic E-state index is -0.280. The lowest BCUT2D eigenvalue weighted by molar-refractivity contribution is 0.102. The SMILES string of the molecule is CCNC(=O)Nc1cccc(NC(=O)c2ccc(N3CCCC3)nc2)c1. The van der Waals surface area contributed by atoms with Gasteiger partial charge in [0.1, 0.15) is 5.82 Å². The van der Waals surface area contributed by atoms with E-state index in [0.29, 0.717) is 23.5 Å². The van der Waals surface area contributed by atoms with Crippen molar-refractivity contribution in [3.05, 3.63) is 48.2 Å². The molecule has 3 amide bonds. The summed E-state index contributed by atoms with van der Waals surface area (Å²) in [5.74, 6) is 0.674. The molecule has 0 unspecified atom stereocenters. The van der Waals surface area contributed by atoms with Crippen LogP contribution in [0.15, 0.2) is 42.6 Å². The van der Waals surface area contributed by atoms with Gasteiger partial charge in [0.05, 0.1) is 5.56 Å². The number of hydrogen-bond acceptors (Lipinski definition) is 4. The second-order valence-electron chi connectivity index (χ2n) is 6.12. The third-order valence-electron chi connectivity index (χ3n) is 4.16. The summed E-state index contributed by atoms with van der Waals surface area (Å²) in [4.78, 5) is 30.6. The average Bonchev–Trinajstić information content (AvgIpc) is 3.17. The van der Waals surface area contributed by atoms with E-state index in [0.717, 1.165) is 18.9 Å². The molecule has 3 N–H and O–H groups in total. The fourth-order valence-corrected chi connectivity index (χ4v) is 2.87. The lowest BCUT2D eigenvalue weighted by atomic mass is 10.2. The summed E-state index contributed by atoms with van der Waals surface area (Å²) in [6, 6.07) is 10.4. The minimum Gasteiger partial charge on any atom is -0.357 e. The summed E-state index contributed by atoms with van der Waals surface area (Å²) in [6.45, 7) is 4.43. The fourth-order valence-electron chi connectivity index (χ4n) is 2.87. The molecule has 3 rings (SSSR count). The van der Waals surface area contributed by atoms with E-state index in [1.807, 2.05) is 13.0 Å². The Morgan fingerprint density at radius 3 is 2.46 bits per heavy atom. The molecule has 0 spiro atoms. The van der Waals surface area contributed by atoms with Gasteiger partial charge in [-0.2, -0.15) is 0 Å². The smallest absolute Gasteiger partial charge is 0.319 e. The number of pyridine rings is 1. The van der Waals surface area contributed by atoms with Gasteiger partial charge in [0.25, 0.3) is 5.91 Å². The Morgan fingerprint density at radius 1 is 1.08 bits per heavy atom. The van der Waals surface area contributed by atoms with E-state index in [4.69, 9.17) is 0 Å². The predicted molar refractivity (Wildman–Crippen MR) is 103 cm³/mol. The molecule has 7 heteroatoms. The van der Waals surface area contributed by atoms with Crippen molar-refractivity contribution in [1.82, 2.24) is 10.3 Å². The van der Waals surface area contributed by atoms with Gasteiger partial charge in [-0.15, -0.1) is 0 Å². The van der Waals surface area contributed by atoms with Crippen LogP contribution < -0.4 is 20.9 Å². The number of amides is 3. The summed E-state index contributed by atoms with van der Waals surface area (Å²) < 4.78 is 0. The van der Waals surface area contributed by atoms with E-state index in [2.05, 4.69) is 25.8 Å². The highest BCUT2D eigenvalue weighted by Gasteiger charge is 2.14. The van der Waals surface area contributed by atoms with Crippen molar-refractivity contribution >= 4 is 29.1 Å². The second kappa shape index (κ2) is 8.33. The van der Waals surface area contributed by atoms with Crippen LogP contribution in [0.2, 0.25) is 0 Å². The number of anilines is 3. The van der Waals surface area contributed by atoms with Crippen LogP contribution in [0.1, 0.15) is 30.1 Å². The molecule has 2 heterocycles. The van der Waals surface area contributed by atoms with Crippen LogP contribution in [0.3, 0.4) is 0 Å². The number of hydrogen-bond donors (Lipinski definition) is 3. The number of carbonyl (C=O) groups is 2. The number of rotatable bonds is 5. The normalized spacial score (nSPS) is 13.3. The zero-order valence-corrected chi connectivity index (χ0v) is 14.8. The largest absolute Gasteiger partial charge is 0.357 e. The Labute approximate surface area is 152 Å². The minimum absolute atomic E-state index is 0.236. The van der Waals surface area contributed by atoms with E-state index in [1.54, 1.807) is 36.5 Å². The first kappa shape index (κ1) is 17.7. The van der Waals surface area contributed by atoms with Crippen LogP contribution in [0.25, 0.3) is 0 Å². The highest BCUT2D eigenvalue weighted by atomic mass is 16.2. The average molecular weight is 353 g/mol. The van der Waals surface area contributed by atoms with E-state index in [-0.39, 0.29) is 11.9 Å². The van der Waals surface area contributed by atoms with Crippen molar-refractivity contribution < 1.29 is 9.59 Å². The molecule has 1 fully saturated rings. The van der Waals surface area contributed by atoms with Crippen molar-refractivity contribution in [2.45, 2.75) is 19.8 Å². The van der Waals surface area contributed by atoms with E-state index < -0.39 is 0 Å². The number of nitrogens with zero attached hydrogens (tertiary/aromatic N) is 2. The first-order valence-electron chi connectivity index (χ1n) is 8.83. The Kier molecular flexibility index (Phi) is 5.68. The number of nitrogens with one attached hydrogen (secondary N) is 3. The van der Waals surface area contributed by atoms with Crippen LogP contribution in [0.4, 0.5) is 22.0 Å². The van der Waals surface area contributed by atoms with Gasteiger partial charge in [0, 0.05) is 37.2 Å². The lowest BCUT2D eigenvalue weighted by Gasteiger charge is -2.16. The van der Waals surface area contributed by atoms with Gasteiger partial charge in [-0.3, -0.25) is 4.79 Å². The van der Waals surface area contributed by atoms with Crippen LogP contribution in [0, 0.1) is 0 Å². The van der Waals surface area contributed by atoms with Gasteiger partial charge in [-0.25, -0.2) is 9.78 Å². The monoisotopic (exact) mass is 353 g/mol. The maximum Gasteiger partial charge on any atom is 0.319 e.